The van der Waals surface area contributed by atoms with E-state index in [-0.39, 0.29) is 24.4 Å². The molecule has 0 radical (unpaired) electrons. The van der Waals surface area contributed by atoms with E-state index in [1.165, 1.54) is 7.11 Å². The minimum Gasteiger partial charge on any atom is -0.496 e. The number of carbonyl (C=O) groups excluding carboxylic acids is 2. The summed E-state index contributed by atoms with van der Waals surface area (Å²) < 4.78 is 11.0. The molecular weight excluding hydrogens is 480 g/mol. The zero-order chi connectivity index (χ0) is 25.5. The van der Waals surface area contributed by atoms with Crippen LogP contribution in [0, 0.1) is 0 Å². The number of para-hydroxylation sites is 1. The maximum absolute atomic E-state index is 13.6. The topological polar surface area (TPSA) is 88.8 Å². The molecule has 1 unspecified atom stereocenters. The van der Waals surface area contributed by atoms with E-state index in [0.717, 1.165) is 37.7 Å². The fourth-order valence-corrected chi connectivity index (χ4v) is 4.64. The lowest BCUT2D eigenvalue weighted by Gasteiger charge is -2.35. The van der Waals surface area contributed by atoms with Crippen molar-refractivity contribution in [1.82, 2.24) is 19.9 Å². The van der Waals surface area contributed by atoms with Crippen LogP contribution in [0.5, 0.6) is 5.75 Å². The van der Waals surface area contributed by atoms with Crippen LogP contribution in [0.15, 0.2) is 53.1 Å². The van der Waals surface area contributed by atoms with Crippen molar-refractivity contribution < 1.29 is 18.8 Å². The summed E-state index contributed by atoms with van der Waals surface area (Å²) in [5.41, 5.74) is 1.20. The van der Waals surface area contributed by atoms with Crippen molar-refractivity contribution in [1.29, 1.82) is 0 Å². The Labute approximate surface area is 216 Å². The number of halogens is 1. The molecule has 1 atom stereocenters. The van der Waals surface area contributed by atoms with Crippen molar-refractivity contribution in [3.05, 3.63) is 65.0 Å². The summed E-state index contributed by atoms with van der Waals surface area (Å²) in [6.07, 6.45) is 4.25. The first-order chi connectivity index (χ1) is 17.5. The second-order valence-electron chi connectivity index (χ2n) is 8.85. The van der Waals surface area contributed by atoms with Crippen LogP contribution >= 0.6 is 11.6 Å². The molecule has 0 N–H and O–H groups in total. The smallest absolute Gasteiger partial charge is 0.258 e. The van der Waals surface area contributed by atoms with E-state index >= 15 is 0 Å². The van der Waals surface area contributed by atoms with Crippen LogP contribution in [0.4, 0.5) is 0 Å². The first-order valence-electron chi connectivity index (χ1n) is 12.3. The second kappa shape index (κ2) is 12.0. The Morgan fingerprint density at radius 1 is 1.19 bits per heavy atom. The third-order valence-corrected chi connectivity index (χ3v) is 6.60. The Morgan fingerprint density at radius 2 is 2.03 bits per heavy atom. The zero-order valence-corrected chi connectivity index (χ0v) is 21.4. The Hall–Kier alpha value is -3.39. The number of ether oxygens (including phenoxy) is 1. The Bertz CT molecular complexity index is 1200. The molecule has 0 bridgehead atoms. The molecule has 0 aliphatic carbocycles. The lowest BCUT2D eigenvalue weighted by molar-refractivity contribution is -0.136. The third-order valence-electron chi connectivity index (χ3n) is 6.37. The molecule has 3 aromatic rings. The molecule has 1 aliphatic rings. The number of aromatic nitrogens is 2. The number of unbranched alkanes of at least 4 members (excludes halogenated alkanes) is 1. The number of rotatable bonds is 9. The molecule has 1 fully saturated rings. The predicted octanol–water partition coefficient (Wildman–Crippen LogP) is 5.39. The molecule has 2 amide bonds. The Balaban J connectivity index is 1.54. The molecule has 36 heavy (non-hydrogen) atoms. The predicted molar refractivity (Wildman–Crippen MR) is 137 cm³/mol. The molecule has 9 heteroatoms. The normalized spacial score (nSPS) is 15.5. The first-order valence-corrected chi connectivity index (χ1v) is 12.7. The van der Waals surface area contributed by atoms with Crippen LogP contribution in [-0.4, -0.2) is 58.5 Å². The van der Waals surface area contributed by atoms with E-state index in [9.17, 15) is 9.59 Å². The second-order valence-corrected chi connectivity index (χ2v) is 9.28. The summed E-state index contributed by atoms with van der Waals surface area (Å²) in [7, 11) is 1.54. The zero-order valence-electron chi connectivity index (χ0n) is 20.7. The van der Waals surface area contributed by atoms with E-state index in [1.807, 2.05) is 18.2 Å². The van der Waals surface area contributed by atoms with Gasteiger partial charge in [0.2, 0.25) is 17.6 Å². The minimum atomic E-state index is -0.332. The van der Waals surface area contributed by atoms with Gasteiger partial charge in [-0.3, -0.25) is 9.59 Å². The van der Waals surface area contributed by atoms with Gasteiger partial charge in [0.1, 0.15) is 18.3 Å². The Kier molecular flexibility index (Phi) is 8.59. The van der Waals surface area contributed by atoms with Crippen LogP contribution < -0.4 is 4.74 Å². The van der Waals surface area contributed by atoms with Crippen molar-refractivity contribution >= 4 is 23.4 Å². The summed E-state index contributed by atoms with van der Waals surface area (Å²) in [6, 6.07) is 14.0. The number of amides is 2. The van der Waals surface area contributed by atoms with E-state index in [4.69, 9.17) is 20.9 Å². The molecule has 190 valence electrons. The average molecular weight is 511 g/mol. The van der Waals surface area contributed by atoms with Crippen LogP contribution in [0.25, 0.3) is 11.4 Å². The number of piperidine rings is 1. The van der Waals surface area contributed by atoms with Crippen molar-refractivity contribution in [3.8, 4) is 17.1 Å². The molecule has 0 saturated carbocycles. The third kappa shape index (κ3) is 5.87. The molecule has 1 aromatic heterocycles. The number of methoxy groups -OCH3 is 1. The molecular formula is C27H31ClN4O4. The van der Waals surface area contributed by atoms with E-state index in [1.54, 1.807) is 40.1 Å². The van der Waals surface area contributed by atoms with Crippen LogP contribution in [0.3, 0.4) is 0 Å². The van der Waals surface area contributed by atoms with Crippen molar-refractivity contribution in [2.45, 2.75) is 45.1 Å². The molecule has 0 spiro atoms. The lowest BCUT2D eigenvalue weighted by atomic mass is 10.0. The van der Waals surface area contributed by atoms with Gasteiger partial charge in [0.25, 0.3) is 5.91 Å². The van der Waals surface area contributed by atoms with Gasteiger partial charge < -0.3 is 19.1 Å². The van der Waals surface area contributed by atoms with Crippen molar-refractivity contribution in [2.75, 3.05) is 26.7 Å². The largest absolute Gasteiger partial charge is 0.496 e. The van der Waals surface area contributed by atoms with Gasteiger partial charge in [-0.15, -0.1) is 0 Å². The van der Waals surface area contributed by atoms with Gasteiger partial charge in [0.05, 0.1) is 12.7 Å². The van der Waals surface area contributed by atoms with Gasteiger partial charge in [-0.25, -0.2) is 0 Å². The highest BCUT2D eigenvalue weighted by atomic mass is 35.5. The van der Waals surface area contributed by atoms with E-state index in [0.29, 0.717) is 41.1 Å². The van der Waals surface area contributed by atoms with Crippen LogP contribution in [0.2, 0.25) is 5.02 Å². The van der Waals surface area contributed by atoms with Gasteiger partial charge >= 0.3 is 0 Å². The highest BCUT2D eigenvalue weighted by Crippen LogP contribution is 2.32. The molecule has 1 aliphatic heterocycles. The SMILES string of the molecule is CCCCN(CC(=O)N1CCCCC1c1nc(-c2cccc(Cl)c2)no1)C(=O)c1ccccc1OC. The number of benzene rings is 2. The minimum absolute atomic E-state index is 0.0251. The summed E-state index contributed by atoms with van der Waals surface area (Å²) in [5, 5.41) is 4.71. The number of likely N-dealkylation sites (tertiary alicyclic amines) is 1. The average Bonchev–Trinajstić information content (AvgIpc) is 3.41. The molecule has 1 saturated heterocycles. The molecule has 2 heterocycles. The number of carbonyl (C=O) groups is 2. The van der Waals surface area contributed by atoms with Gasteiger partial charge in [-0.1, -0.05) is 54.4 Å². The van der Waals surface area contributed by atoms with Gasteiger partial charge in [0, 0.05) is 23.7 Å². The van der Waals surface area contributed by atoms with Crippen molar-refractivity contribution in [2.24, 2.45) is 0 Å². The molecule has 2 aromatic carbocycles. The summed E-state index contributed by atoms with van der Waals surface area (Å²) >= 11 is 6.11. The number of hydrogen-bond donors (Lipinski definition) is 0. The summed E-state index contributed by atoms with van der Waals surface area (Å²) in [4.78, 5) is 34.9. The van der Waals surface area contributed by atoms with Gasteiger partial charge in [0.15, 0.2) is 0 Å². The standard InChI is InChI=1S/C27H31ClN4O4/c1-3-4-15-31(27(34)21-12-5-6-14-23(21)35-2)18-24(33)32-16-8-7-13-22(32)26-29-25(30-36-26)19-10-9-11-20(28)17-19/h5-6,9-12,14,17,22H,3-4,7-8,13,15-16,18H2,1-2H3. The number of hydrogen-bond acceptors (Lipinski definition) is 6. The summed E-state index contributed by atoms with van der Waals surface area (Å²) in [6.45, 7) is 3.09. The first kappa shape index (κ1) is 25.7. The van der Waals surface area contributed by atoms with Crippen LogP contribution in [0.1, 0.15) is 61.3 Å². The van der Waals surface area contributed by atoms with Gasteiger partial charge in [-0.2, -0.15) is 4.98 Å². The van der Waals surface area contributed by atoms with E-state index in [2.05, 4.69) is 17.1 Å². The van der Waals surface area contributed by atoms with Crippen LogP contribution in [-0.2, 0) is 4.79 Å². The summed E-state index contributed by atoms with van der Waals surface area (Å²) in [5.74, 6) is 0.965. The molecule has 8 nitrogen and oxygen atoms in total. The Morgan fingerprint density at radius 3 is 2.81 bits per heavy atom. The van der Waals surface area contributed by atoms with Gasteiger partial charge in [-0.05, 0) is 49.9 Å². The lowest BCUT2D eigenvalue weighted by Crippen LogP contribution is -2.46. The maximum Gasteiger partial charge on any atom is 0.258 e. The maximum atomic E-state index is 13.6. The van der Waals surface area contributed by atoms with E-state index < -0.39 is 0 Å². The fourth-order valence-electron chi connectivity index (χ4n) is 4.45. The quantitative estimate of drug-likeness (QED) is 0.383. The number of nitrogens with zero attached hydrogens (tertiary/aromatic N) is 4. The highest BCUT2D eigenvalue weighted by Gasteiger charge is 2.34. The molecule has 4 rings (SSSR count). The fraction of sp³-hybridized carbons (Fsp3) is 0.407. The highest BCUT2D eigenvalue weighted by molar-refractivity contribution is 6.30. The monoisotopic (exact) mass is 510 g/mol. The van der Waals surface area contributed by atoms with Crippen molar-refractivity contribution in [3.63, 3.8) is 0 Å².